The molecular formula is C70H70F3N9O10. The van der Waals surface area contributed by atoms with Crippen molar-refractivity contribution in [3.05, 3.63) is 138 Å². The maximum absolute atomic E-state index is 14.7. The van der Waals surface area contributed by atoms with Crippen LogP contribution in [0.1, 0.15) is 87.3 Å². The van der Waals surface area contributed by atoms with Crippen molar-refractivity contribution in [1.82, 2.24) is 9.88 Å². The number of carbonyl (C=O) groups is 4. The number of anilines is 4. The van der Waals surface area contributed by atoms with Crippen molar-refractivity contribution >= 4 is 46.4 Å². The average Bonchev–Trinajstić information content (AvgIpc) is 1.54. The second kappa shape index (κ2) is 28.0. The normalized spacial score (nSPS) is 21.2. The number of aliphatic hydroxyl groups excluding tert-OH is 3. The molecule has 4 saturated carbocycles. The maximum atomic E-state index is 14.7. The van der Waals surface area contributed by atoms with E-state index in [0.29, 0.717) is 77.4 Å². The summed E-state index contributed by atoms with van der Waals surface area (Å²) in [6, 6.07) is 40.9. The number of pyridine rings is 1. The lowest BCUT2D eigenvalue weighted by Gasteiger charge is -2.38. The van der Waals surface area contributed by atoms with Gasteiger partial charge in [-0.25, -0.2) is 13.2 Å². The molecule has 92 heavy (non-hydrogen) atoms. The van der Waals surface area contributed by atoms with Gasteiger partial charge < -0.3 is 55.3 Å². The predicted octanol–water partition coefficient (Wildman–Crippen LogP) is 9.94. The summed E-state index contributed by atoms with van der Waals surface area (Å²) >= 11 is 0. The molecule has 1 spiro atoms. The third-order valence-corrected chi connectivity index (χ3v) is 17.8. The molecule has 4 heterocycles. The van der Waals surface area contributed by atoms with Gasteiger partial charge >= 0.3 is 5.92 Å². The van der Waals surface area contributed by atoms with Crippen LogP contribution in [0.15, 0.2) is 121 Å². The summed E-state index contributed by atoms with van der Waals surface area (Å²) in [7, 11) is 0. The Morgan fingerprint density at radius 2 is 1.24 bits per heavy atom. The van der Waals surface area contributed by atoms with Crippen molar-refractivity contribution < 1.29 is 61.9 Å². The number of halogens is 3. The number of amides is 4. The molecule has 7 fully saturated rings. The zero-order chi connectivity index (χ0) is 64.7. The minimum atomic E-state index is -3.44. The van der Waals surface area contributed by atoms with Gasteiger partial charge in [0.2, 0.25) is 17.7 Å². The van der Waals surface area contributed by atoms with E-state index in [9.17, 15) is 58.3 Å². The second-order valence-corrected chi connectivity index (χ2v) is 24.6. The van der Waals surface area contributed by atoms with Crippen molar-refractivity contribution in [2.75, 3.05) is 66.8 Å². The Bertz CT molecular complexity index is 3870. The number of piperidine rings is 2. The third kappa shape index (κ3) is 15.7. The molecule has 13 rings (SSSR count). The fourth-order valence-corrected chi connectivity index (χ4v) is 11.8. The highest BCUT2D eigenvalue weighted by Crippen LogP contribution is 2.70. The number of likely N-dealkylation sites (tertiary alicyclic amines) is 1. The molecule has 6 N–H and O–H groups in total. The summed E-state index contributed by atoms with van der Waals surface area (Å²) in [5.74, 6) is -4.33. The molecule has 1 aromatic heterocycles. The highest BCUT2D eigenvalue weighted by atomic mass is 19.3. The van der Waals surface area contributed by atoms with Crippen molar-refractivity contribution in [3.63, 3.8) is 0 Å². The third-order valence-electron chi connectivity index (χ3n) is 17.8. The molecule has 22 heteroatoms. The first kappa shape index (κ1) is 64.2. The van der Waals surface area contributed by atoms with Crippen LogP contribution in [-0.2, 0) is 23.9 Å². The number of hydrogen-bond donors (Lipinski definition) is 6. The van der Waals surface area contributed by atoms with Gasteiger partial charge in [-0.3, -0.25) is 24.2 Å². The maximum Gasteiger partial charge on any atom is 0.301 e. The van der Waals surface area contributed by atoms with Gasteiger partial charge in [-0.05, 0) is 158 Å². The van der Waals surface area contributed by atoms with Gasteiger partial charge in [0.15, 0.2) is 12.2 Å². The summed E-state index contributed by atoms with van der Waals surface area (Å²) in [5.41, 5.74) is 9.04. The standard InChI is InChI=1S/C24H24F2N4O5.C24H24N2O3.C22H22FN3O2/c25-24(26)13-30(23(34)19(32)12-31)8-6-21(24)35-20-4-3-15(9-16(20)11-27)18-10-17(5-7-28-18)29-22(33)14-1-2-14;25-15-18-12-17(4-5-22(18)29-20-6-10-28-11-7-20)16-2-1-3-19(13-16)26-23(27)21-14-24(21)8-9-24;23-20-12-19(20)22(28)25-17-3-1-2-14(11-17)15-4-5-21(16(10-15)13-24)26-8-6-18(27)7-9-26/h3-5,7,9-10,14,19,21,31-32H,1-2,6,8,12-13H2,(H,28,29,33);1-5,12-13,20-21H,6-11,14H2,(H,26,27);1-5,10-11,18-20,27H,6-9,12H2,(H,25,28)/t19-,21-;;19?,20-/m0.1/s1. The Morgan fingerprint density at radius 1 is 0.674 bits per heavy atom. The van der Waals surface area contributed by atoms with Gasteiger partial charge in [0, 0.05) is 79.6 Å². The summed E-state index contributed by atoms with van der Waals surface area (Å²) in [5, 5.41) is 65.5. The lowest BCUT2D eigenvalue weighted by molar-refractivity contribution is -0.167. The Hall–Kier alpha value is -9.37. The molecular weight excluding hydrogens is 1180 g/mol. The van der Waals surface area contributed by atoms with E-state index in [1.807, 2.05) is 84.9 Å². The topological polar surface area (TPSA) is 283 Å². The zero-order valence-corrected chi connectivity index (χ0v) is 50.4. The van der Waals surface area contributed by atoms with Crippen molar-refractivity contribution in [1.29, 1.82) is 15.8 Å². The van der Waals surface area contributed by atoms with Gasteiger partial charge in [-0.1, -0.05) is 36.4 Å². The fourth-order valence-electron chi connectivity index (χ4n) is 11.8. The SMILES string of the molecule is N#Cc1cc(-c2cc(NC(=O)C3CC3)ccn2)ccc1O[C@H]1CCN(C(=O)[C@@H](O)CO)CC1(F)F.N#Cc1cc(-c2cccc(NC(=O)C3CC34CC4)c2)ccc1OC1CCOCC1.N#Cc1cc(-c2cccc(NC(=O)C3C[C@H]3F)c2)ccc1N1CCC(O)CC1. The van der Waals surface area contributed by atoms with Crippen LogP contribution in [0.25, 0.3) is 33.5 Å². The van der Waals surface area contributed by atoms with E-state index in [2.05, 4.69) is 38.0 Å². The minimum absolute atomic E-state index is 0.0294. The lowest BCUT2D eigenvalue weighted by Crippen LogP contribution is -2.57. The number of benzene rings is 5. The van der Waals surface area contributed by atoms with E-state index < -0.39 is 49.3 Å². The molecule has 6 aromatic rings. The van der Waals surface area contributed by atoms with E-state index in [1.165, 1.54) is 31.2 Å². The number of carbonyl (C=O) groups excluding carboxylic acids is 4. The van der Waals surface area contributed by atoms with E-state index >= 15 is 0 Å². The largest absolute Gasteiger partial charge is 0.489 e. The molecule has 3 saturated heterocycles. The van der Waals surface area contributed by atoms with Crippen LogP contribution < -0.4 is 30.3 Å². The van der Waals surface area contributed by atoms with Crippen LogP contribution in [0.5, 0.6) is 11.5 Å². The van der Waals surface area contributed by atoms with Crippen LogP contribution in [0.2, 0.25) is 0 Å². The van der Waals surface area contributed by atoms with Crippen LogP contribution in [-0.4, -0.2) is 131 Å². The van der Waals surface area contributed by atoms with Gasteiger partial charge in [0.05, 0.1) is 66.5 Å². The first-order valence-electron chi connectivity index (χ1n) is 31.1. The first-order chi connectivity index (χ1) is 44.4. The van der Waals surface area contributed by atoms with E-state index in [1.54, 1.807) is 24.3 Å². The smallest absolute Gasteiger partial charge is 0.301 e. The summed E-state index contributed by atoms with van der Waals surface area (Å²) in [4.78, 5) is 55.5. The summed E-state index contributed by atoms with van der Waals surface area (Å²) in [6.07, 6.45) is 5.34. The second-order valence-electron chi connectivity index (χ2n) is 24.6. The molecule has 7 aliphatic rings. The van der Waals surface area contributed by atoms with E-state index in [-0.39, 0.29) is 66.0 Å². The number of alkyl halides is 3. The Morgan fingerprint density at radius 3 is 1.83 bits per heavy atom. The van der Waals surface area contributed by atoms with Gasteiger partial charge in [-0.2, -0.15) is 15.8 Å². The van der Waals surface area contributed by atoms with Gasteiger partial charge in [0.25, 0.3) is 5.91 Å². The highest BCUT2D eigenvalue weighted by molar-refractivity contribution is 5.97. The van der Waals surface area contributed by atoms with Gasteiger partial charge in [-0.15, -0.1) is 0 Å². The van der Waals surface area contributed by atoms with Crippen LogP contribution in [0.4, 0.5) is 35.9 Å². The van der Waals surface area contributed by atoms with Crippen molar-refractivity contribution in [2.24, 2.45) is 23.2 Å². The van der Waals surface area contributed by atoms with Crippen molar-refractivity contribution in [3.8, 4) is 63.2 Å². The monoisotopic (exact) mass is 1250 g/mol. The molecule has 19 nitrogen and oxygen atoms in total. The lowest BCUT2D eigenvalue weighted by atomic mass is 10.00. The molecule has 2 unspecified atom stereocenters. The highest BCUT2D eigenvalue weighted by Gasteiger charge is 2.65. The minimum Gasteiger partial charge on any atom is -0.489 e. The number of nitrogens with zero attached hydrogens (tertiary/aromatic N) is 6. The number of aliphatic hydroxyl groups is 3. The number of hydrogen-bond acceptors (Lipinski definition) is 15. The van der Waals surface area contributed by atoms with Crippen LogP contribution >= 0.6 is 0 Å². The average molecular weight is 1250 g/mol. The first-order valence-corrected chi connectivity index (χ1v) is 31.1. The molecule has 4 aliphatic carbocycles. The molecule has 5 atom stereocenters. The Balaban J connectivity index is 0.000000142. The molecule has 5 aromatic carbocycles. The number of nitriles is 3. The molecule has 0 bridgehead atoms. The molecule has 476 valence electrons. The predicted molar refractivity (Wildman–Crippen MR) is 335 cm³/mol. The summed E-state index contributed by atoms with van der Waals surface area (Å²) in [6.45, 7) is 0.927. The fraction of sp³-hybridized carbons (Fsp3) is 0.400. The van der Waals surface area contributed by atoms with E-state index in [0.717, 1.165) is 83.7 Å². The quantitative estimate of drug-likeness (QED) is 0.0526. The van der Waals surface area contributed by atoms with E-state index in [4.69, 9.17) is 19.3 Å². The van der Waals surface area contributed by atoms with Crippen LogP contribution in [0.3, 0.4) is 0 Å². The van der Waals surface area contributed by atoms with Crippen LogP contribution in [0, 0.1) is 57.2 Å². The molecule has 3 aliphatic heterocycles. The summed E-state index contributed by atoms with van der Waals surface area (Å²) < 4.78 is 59.4. The van der Waals surface area contributed by atoms with Gasteiger partial charge in [0.1, 0.15) is 42.0 Å². The number of aromatic nitrogens is 1. The zero-order valence-electron chi connectivity index (χ0n) is 50.4. The number of rotatable bonds is 16. The Labute approximate surface area is 530 Å². The molecule has 0 radical (unpaired) electrons. The van der Waals surface area contributed by atoms with Crippen molar-refractivity contribution in [2.45, 2.75) is 107 Å². The molecule has 4 amide bonds. The Kier molecular flexibility index (Phi) is 19.5. The number of ether oxygens (including phenoxy) is 3. The number of nitrogens with one attached hydrogen (secondary N) is 3.